The molecule has 3 rings (SSSR count). The standard InChI is InChI=1S/C15H18FNO2/c1-19-15(18)14-12(8-11-6-7-13(14)17-11)9-2-4-10(16)5-3-9/h2-5,11-14,17H,6-8H2,1H3/t11-,12+,13+,14+/m0/s1. The Morgan fingerprint density at radius 3 is 2.74 bits per heavy atom. The van der Waals surface area contributed by atoms with Crippen LogP contribution in [0.5, 0.6) is 0 Å². The minimum atomic E-state index is -0.240. The lowest BCUT2D eigenvalue weighted by atomic mass is 9.77. The number of benzene rings is 1. The fourth-order valence-electron chi connectivity index (χ4n) is 3.57. The van der Waals surface area contributed by atoms with Crippen LogP contribution in [-0.2, 0) is 9.53 Å². The zero-order valence-corrected chi connectivity index (χ0v) is 10.9. The SMILES string of the molecule is COC(=O)[C@@H]1[C@@H](c2ccc(F)cc2)C[C@@H]2CC[C@H]1N2. The van der Waals surface area contributed by atoms with E-state index >= 15 is 0 Å². The van der Waals surface area contributed by atoms with Crippen LogP contribution < -0.4 is 5.32 Å². The second-order valence-electron chi connectivity index (χ2n) is 5.49. The third-order valence-electron chi connectivity index (χ3n) is 4.45. The number of hydrogen-bond acceptors (Lipinski definition) is 3. The van der Waals surface area contributed by atoms with Crippen molar-refractivity contribution in [2.24, 2.45) is 5.92 Å². The van der Waals surface area contributed by atoms with Gasteiger partial charge in [-0.1, -0.05) is 12.1 Å². The van der Waals surface area contributed by atoms with Gasteiger partial charge in [0.05, 0.1) is 13.0 Å². The number of carbonyl (C=O) groups excluding carboxylic acids is 1. The lowest BCUT2D eigenvalue weighted by Gasteiger charge is -2.36. The van der Waals surface area contributed by atoms with Gasteiger partial charge in [-0.05, 0) is 37.0 Å². The van der Waals surface area contributed by atoms with Gasteiger partial charge in [0.15, 0.2) is 0 Å². The monoisotopic (exact) mass is 263 g/mol. The van der Waals surface area contributed by atoms with E-state index in [-0.39, 0.29) is 29.7 Å². The highest BCUT2D eigenvalue weighted by atomic mass is 19.1. The van der Waals surface area contributed by atoms with Crippen molar-refractivity contribution in [3.05, 3.63) is 35.6 Å². The molecule has 0 unspecified atom stereocenters. The Labute approximate surface area is 112 Å². The fourth-order valence-corrected chi connectivity index (χ4v) is 3.57. The van der Waals surface area contributed by atoms with Crippen LogP contribution in [0.15, 0.2) is 24.3 Å². The summed E-state index contributed by atoms with van der Waals surface area (Å²) in [6.07, 6.45) is 3.04. The van der Waals surface area contributed by atoms with E-state index in [0.29, 0.717) is 6.04 Å². The maximum Gasteiger partial charge on any atom is 0.310 e. The smallest absolute Gasteiger partial charge is 0.310 e. The first-order valence-electron chi connectivity index (χ1n) is 6.78. The number of fused-ring (bicyclic) bond motifs is 2. The molecule has 0 aliphatic carbocycles. The minimum absolute atomic E-state index is 0.131. The Balaban J connectivity index is 1.92. The molecule has 2 bridgehead atoms. The van der Waals surface area contributed by atoms with Crippen molar-refractivity contribution >= 4 is 5.97 Å². The Bertz CT molecular complexity index is 474. The molecule has 4 atom stereocenters. The van der Waals surface area contributed by atoms with Gasteiger partial charge in [0, 0.05) is 18.0 Å². The number of esters is 1. The first-order valence-corrected chi connectivity index (χ1v) is 6.78. The molecule has 2 fully saturated rings. The van der Waals surface area contributed by atoms with Crippen molar-refractivity contribution in [2.75, 3.05) is 7.11 Å². The summed E-state index contributed by atoms with van der Waals surface area (Å²) in [6, 6.07) is 7.19. The minimum Gasteiger partial charge on any atom is -0.469 e. The molecule has 2 aliphatic rings. The average molecular weight is 263 g/mol. The molecule has 19 heavy (non-hydrogen) atoms. The normalized spacial score (nSPS) is 33.2. The molecule has 2 aliphatic heterocycles. The van der Waals surface area contributed by atoms with Crippen molar-refractivity contribution < 1.29 is 13.9 Å². The van der Waals surface area contributed by atoms with Crippen molar-refractivity contribution in [3.63, 3.8) is 0 Å². The number of rotatable bonds is 2. The van der Waals surface area contributed by atoms with Crippen LogP contribution in [0, 0.1) is 11.7 Å². The van der Waals surface area contributed by atoms with E-state index in [9.17, 15) is 9.18 Å². The van der Waals surface area contributed by atoms with Crippen LogP contribution >= 0.6 is 0 Å². The maximum atomic E-state index is 13.0. The van der Waals surface area contributed by atoms with Crippen LogP contribution in [0.3, 0.4) is 0 Å². The van der Waals surface area contributed by atoms with Gasteiger partial charge in [-0.3, -0.25) is 4.79 Å². The molecule has 102 valence electrons. The zero-order valence-electron chi connectivity index (χ0n) is 10.9. The highest BCUT2D eigenvalue weighted by Crippen LogP contribution is 2.42. The molecule has 4 heteroatoms. The summed E-state index contributed by atoms with van der Waals surface area (Å²) in [7, 11) is 1.44. The molecule has 1 N–H and O–H groups in total. The van der Waals surface area contributed by atoms with Crippen molar-refractivity contribution in [1.29, 1.82) is 0 Å². The molecule has 0 aromatic heterocycles. The number of methoxy groups -OCH3 is 1. The van der Waals surface area contributed by atoms with Gasteiger partial charge in [-0.15, -0.1) is 0 Å². The summed E-state index contributed by atoms with van der Waals surface area (Å²) in [6.45, 7) is 0. The van der Waals surface area contributed by atoms with E-state index in [2.05, 4.69) is 5.32 Å². The van der Waals surface area contributed by atoms with Crippen molar-refractivity contribution in [1.82, 2.24) is 5.32 Å². The molecule has 1 aromatic rings. The van der Waals surface area contributed by atoms with Crippen LogP contribution in [0.2, 0.25) is 0 Å². The summed E-state index contributed by atoms with van der Waals surface area (Å²) in [5.41, 5.74) is 1.04. The molecule has 0 saturated carbocycles. The highest BCUT2D eigenvalue weighted by Gasteiger charge is 2.46. The topological polar surface area (TPSA) is 38.3 Å². The number of carbonyl (C=O) groups is 1. The number of ether oxygens (including phenoxy) is 1. The van der Waals surface area contributed by atoms with Crippen LogP contribution in [0.25, 0.3) is 0 Å². The van der Waals surface area contributed by atoms with Gasteiger partial charge in [0.25, 0.3) is 0 Å². The third kappa shape index (κ3) is 2.25. The molecule has 0 spiro atoms. The molecule has 1 aromatic carbocycles. The van der Waals surface area contributed by atoms with E-state index in [0.717, 1.165) is 24.8 Å². The zero-order chi connectivity index (χ0) is 13.4. The molecular formula is C15H18FNO2. The summed E-state index contributed by atoms with van der Waals surface area (Å²) >= 11 is 0. The van der Waals surface area contributed by atoms with Gasteiger partial charge in [0.1, 0.15) is 5.82 Å². The number of piperidine rings is 1. The van der Waals surface area contributed by atoms with Gasteiger partial charge >= 0.3 is 5.97 Å². The van der Waals surface area contributed by atoms with E-state index in [4.69, 9.17) is 4.74 Å². The van der Waals surface area contributed by atoms with Crippen LogP contribution in [0.1, 0.15) is 30.7 Å². The molecule has 2 heterocycles. The highest BCUT2D eigenvalue weighted by molar-refractivity contribution is 5.75. The molecular weight excluding hydrogens is 245 g/mol. The van der Waals surface area contributed by atoms with Crippen molar-refractivity contribution in [3.8, 4) is 0 Å². The molecule has 0 radical (unpaired) electrons. The Kier molecular flexibility index (Phi) is 3.27. The van der Waals surface area contributed by atoms with Crippen LogP contribution in [0.4, 0.5) is 4.39 Å². The average Bonchev–Trinajstić information content (AvgIpc) is 2.80. The lowest BCUT2D eigenvalue weighted by molar-refractivity contribution is -0.148. The largest absolute Gasteiger partial charge is 0.469 e. The second-order valence-corrected chi connectivity index (χ2v) is 5.49. The van der Waals surface area contributed by atoms with E-state index in [1.165, 1.54) is 19.2 Å². The number of hydrogen-bond donors (Lipinski definition) is 1. The summed E-state index contributed by atoms with van der Waals surface area (Å²) in [5.74, 6) is -0.427. The summed E-state index contributed by atoms with van der Waals surface area (Å²) in [5, 5.41) is 3.49. The van der Waals surface area contributed by atoms with E-state index in [1.54, 1.807) is 12.1 Å². The fraction of sp³-hybridized carbons (Fsp3) is 0.533. The molecule has 0 amide bonds. The van der Waals surface area contributed by atoms with Crippen LogP contribution in [-0.4, -0.2) is 25.2 Å². The van der Waals surface area contributed by atoms with Gasteiger partial charge in [0.2, 0.25) is 0 Å². The molecule has 3 nitrogen and oxygen atoms in total. The van der Waals surface area contributed by atoms with Gasteiger partial charge in [-0.2, -0.15) is 0 Å². The first-order chi connectivity index (χ1) is 9.19. The third-order valence-corrected chi connectivity index (χ3v) is 4.45. The molecule has 2 saturated heterocycles. The Hall–Kier alpha value is -1.42. The van der Waals surface area contributed by atoms with Gasteiger partial charge in [-0.25, -0.2) is 4.39 Å². The number of halogens is 1. The van der Waals surface area contributed by atoms with E-state index < -0.39 is 0 Å². The van der Waals surface area contributed by atoms with E-state index in [1.807, 2.05) is 0 Å². The predicted molar refractivity (Wildman–Crippen MR) is 69.2 cm³/mol. The Morgan fingerprint density at radius 2 is 2.05 bits per heavy atom. The quantitative estimate of drug-likeness (QED) is 0.831. The van der Waals surface area contributed by atoms with Gasteiger partial charge < -0.3 is 10.1 Å². The second kappa shape index (κ2) is 4.93. The lowest BCUT2D eigenvalue weighted by Crippen LogP contribution is -2.48. The van der Waals surface area contributed by atoms with Crippen molar-refractivity contribution in [2.45, 2.75) is 37.3 Å². The number of nitrogens with one attached hydrogen (secondary N) is 1. The Morgan fingerprint density at radius 1 is 1.32 bits per heavy atom. The first kappa shape index (κ1) is 12.6. The summed E-state index contributed by atoms with van der Waals surface area (Å²) < 4.78 is 18.0. The summed E-state index contributed by atoms with van der Waals surface area (Å²) in [4.78, 5) is 12.1. The maximum absolute atomic E-state index is 13.0. The predicted octanol–water partition coefficient (Wildman–Crippen LogP) is 2.22.